The van der Waals surface area contributed by atoms with Crippen LogP contribution in [-0.4, -0.2) is 23.1 Å². The summed E-state index contributed by atoms with van der Waals surface area (Å²) < 4.78 is 5.02. The number of aliphatic carboxylic acids is 1. The van der Waals surface area contributed by atoms with E-state index in [2.05, 4.69) is 0 Å². The first-order chi connectivity index (χ1) is 10.9. The van der Waals surface area contributed by atoms with E-state index in [1.807, 2.05) is 0 Å². The first-order valence-electron chi connectivity index (χ1n) is 6.45. The second-order valence-electron chi connectivity index (χ2n) is 4.55. The highest BCUT2D eigenvalue weighted by atomic mass is 35.5. The second kappa shape index (κ2) is 6.93. The normalized spacial score (nSPS) is 11.1. The van der Waals surface area contributed by atoms with E-state index in [0.717, 1.165) is 0 Å². The molecule has 2 rings (SSSR count). The molecule has 0 aliphatic carbocycles. The molecule has 1 N–H and O–H groups in total. The monoisotopic (exact) mass is 333 g/mol. The van der Waals surface area contributed by atoms with Crippen LogP contribution in [0.15, 0.2) is 42.5 Å². The number of nitro groups is 1. The van der Waals surface area contributed by atoms with Crippen molar-refractivity contribution in [1.82, 2.24) is 0 Å². The molecule has 7 heteroatoms. The minimum Gasteiger partial charge on any atom is -0.497 e. The first kappa shape index (κ1) is 16.5. The largest absolute Gasteiger partial charge is 0.497 e. The van der Waals surface area contributed by atoms with Crippen molar-refractivity contribution in [2.45, 2.75) is 0 Å². The van der Waals surface area contributed by atoms with Crippen LogP contribution in [0, 0.1) is 10.1 Å². The van der Waals surface area contributed by atoms with Gasteiger partial charge in [-0.15, -0.1) is 0 Å². The second-order valence-corrected chi connectivity index (χ2v) is 4.99. The highest BCUT2D eigenvalue weighted by Crippen LogP contribution is 2.28. The van der Waals surface area contributed by atoms with Crippen molar-refractivity contribution >= 4 is 34.9 Å². The average Bonchev–Trinajstić information content (AvgIpc) is 2.52. The number of nitro benzene ring substituents is 1. The maximum absolute atomic E-state index is 11.5. The van der Waals surface area contributed by atoms with Gasteiger partial charge in [-0.25, -0.2) is 4.79 Å². The van der Waals surface area contributed by atoms with Crippen LogP contribution in [0.25, 0.3) is 11.6 Å². The van der Waals surface area contributed by atoms with E-state index in [9.17, 15) is 20.0 Å². The van der Waals surface area contributed by atoms with Crippen molar-refractivity contribution in [3.63, 3.8) is 0 Å². The van der Waals surface area contributed by atoms with Crippen LogP contribution in [0.3, 0.4) is 0 Å². The first-order valence-corrected chi connectivity index (χ1v) is 6.83. The van der Waals surface area contributed by atoms with E-state index < -0.39 is 10.9 Å². The van der Waals surface area contributed by atoms with Gasteiger partial charge in [0.25, 0.3) is 5.69 Å². The van der Waals surface area contributed by atoms with E-state index in [0.29, 0.717) is 11.3 Å². The molecule has 118 valence electrons. The number of halogens is 1. The molecular weight excluding hydrogens is 322 g/mol. The Morgan fingerprint density at radius 3 is 2.43 bits per heavy atom. The summed E-state index contributed by atoms with van der Waals surface area (Å²) in [7, 11) is 1.50. The Morgan fingerprint density at radius 1 is 1.26 bits per heavy atom. The van der Waals surface area contributed by atoms with Gasteiger partial charge in [-0.1, -0.05) is 23.7 Å². The third-order valence-electron chi connectivity index (χ3n) is 3.12. The molecule has 23 heavy (non-hydrogen) atoms. The van der Waals surface area contributed by atoms with Gasteiger partial charge in [-0.05, 0) is 35.9 Å². The molecule has 0 unspecified atom stereocenters. The van der Waals surface area contributed by atoms with E-state index in [1.54, 1.807) is 24.3 Å². The van der Waals surface area contributed by atoms with Crippen molar-refractivity contribution in [2.75, 3.05) is 7.11 Å². The van der Waals surface area contributed by atoms with E-state index in [4.69, 9.17) is 16.3 Å². The Bertz CT molecular complexity index is 784. The van der Waals surface area contributed by atoms with Crippen molar-refractivity contribution in [1.29, 1.82) is 0 Å². The maximum Gasteiger partial charge on any atom is 0.336 e. The summed E-state index contributed by atoms with van der Waals surface area (Å²) in [6.07, 6.45) is 1.23. The number of methoxy groups -OCH3 is 1. The molecule has 0 radical (unpaired) electrons. The summed E-state index contributed by atoms with van der Waals surface area (Å²) in [4.78, 5) is 22.0. The fourth-order valence-corrected chi connectivity index (χ4v) is 2.18. The molecular formula is C16H12ClNO5. The lowest BCUT2D eigenvalue weighted by Crippen LogP contribution is -2.00. The summed E-state index contributed by atoms with van der Waals surface area (Å²) >= 11 is 5.85. The maximum atomic E-state index is 11.5. The number of hydrogen-bond donors (Lipinski definition) is 1. The smallest absolute Gasteiger partial charge is 0.336 e. The SMILES string of the molecule is COc1ccc(/C(=C/c2cc(Cl)ccc2[N+](=O)[O-])C(=O)O)cc1. The van der Waals surface area contributed by atoms with Crippen molar-refractivity contribution in [3.05, 3.63) is 68.7 Å². The Balaban J connectivity index is 2.57. The molecule has 0 heterocycles. The van der Waals surface area contributed by atoms with Crippen LogP contribution in [0.2, 0.25) is 5.02 Å². The van der Waals surface area contributed by atoms with Crippen LogP contribution in [0.1, 0.15) is 11.1 Å². The number of hydrogen-bond acceptors (Lipinski definition) is 4. The highest BCUT2D eigenvalue weighted by Gasteiger charge is 2.17. The van der Waals surface area contributed by atoms with Gasteiger partial charge in [0.05, 0.1) is 23.2 Å². The molecule has 2 aromatic carbocycles. The van der Waals surface area contributed by atoms with Gasteiger partial charge in [0.1, 0.15) is 5.75 Å². The van der Waals surface area contributed by atoms with Crippen LogP contribution in [0.5, 0.6) is 5.75 Å². The number of nitrogens with zero attached hydrogens (tertiary/aromatic N) is 1. The summed E-state index contributed by atoms with van der Waals surface area (Å²) in [5, 5.41) is 20.8. The Hall–Kier alpha value is -2.86. The van der Waals surface area contributed by atoms with Crippen LogP contribution in [0.4, 0.5) is 5.69 Å². The molecule has 0 atom stereocenters. The zero-order chi connectivity index (χ0) is 17.0. The predicted molar refractivity (Wildman–Crippen MR) is 86.6 cm³/mol. The molecule has 2 aromatic rings. The molecule has 0 saturated carbocycles. The lowest BCUT2D eigenvalue weighted by molar-refractivity contribution is -0.385. The summed E-state index contributed by atoms with van der Waals surface area (Å²) in [5.41, 5.74) is 0.211. The average molecular weight is 334 g/mol. The lowest BCUT2D eigenvalue weighted by Gasteiger charge is -2.06. The quantitative estimate of drug-likeness (QED) is 0.388. The topological polar surface area (TPSA) is 89.7 Å². The van der Waals surface area contributed by atoms with Gasteiger partial charge in [-0.3, -0.25) is 10.1 Å². The zero-order valence-electron chi connectivity index (χ0n) is 12.0. The van der Waals surface area contributed by atoms with E-state index >= 15 is 0 Å². The van der Waals surface area contributed by atoms with Crippen LogP contribution < -0.4 is 4.74 Å². The fraction of sp³-hybridized carbons (Fsp3) is 0.0625. The minimum atomic E-state index is -1.20. The van der Waals surface area contributed by atoms with Crippen molar-refractivity contribution in [3.8, 4) is 5.75 Å². The number of rotatable bonds is 5. The van der Waals surface area contributed by atoms with Crippen LogP contribution >= 0.6 is 11.6 Å². The van der Waals surface area contributed by atoms with Gasteiger partial charge >= 0.3 is 5.97 Å². The summed E-state index contributed by atoms with van der Waals surface area (Å²) in [5.74, 6) is -0.628. The van der Waals surface area contributed by atoms with Gasteiger partial charge in [0.2, 0.25) is 0 Å². The van der Waals surface area contributed by atoms with Crippen LogP contribution in [-0.2, 0) is 4.79 Å². The van der Waals surface area contributed by atoms with Gasteiger partial charge < -0.3 is 9.84 Å². The molecule has 0 amide bonds. The number of carbonyl (C=O) groups is 1. The van der Waals surface area contributed by atoms with Crippen molar-refractivity contribution in [2.24, 2.45) is 0 Å². The molecule has 0 bridgehead atoms. The van der Waals surface area contributed by atoms with E-state index in [-0.39, 0.29) is 21.8 Å². The Kier molecular flexibility index (Phi) is 4.98. The molecule has 0 aromatic heterocycles. The Morgan fingerprint density at radius 2 is 1.91 bits per heavy atom. The molecule has 0 aliphatic heterocycles. The van der Waals surface area contributed by atoms with Crippen molar-refractivity contribution < 1.29 is 19.6 Å². The fourth-order valence-electron chi connectivity index (χ4n) is 2.00. The summed E-state index contributed by atoms with van der Waals surface area (Å²) in [6, 6.07) is 10.3. The third kappa shape index (κ3) is 3.87. The van der Waals surface area contributed by atoms with Gasteiger partial charge in [-0.2, -0.15) is 0 Å². The summed E-state index contributed by atoms with van der Waals surface area (Å²) in [6.45, 7) is 0. The van der Waals surface area contributed by atoms with E-state index in [1.165, 1.54) is 31.4 Å². The van der Waals surface area contributed by atoms with Gasteiger partial charge in [0, 0.05) is 11.1 Å². The lowest BCUT2D eigenvalue weighted by atomic mass is 10.0. The molecule has 0 saturated heterocycles. The predicted octanol–water partition coefficient (Wildman–Crippen LogP) is 3.88. The zero-order valence-corrected chi connectivity index (χ0v) is 12.8. The third-order valence-corrected chi connectivity index (χ3v) is 3.35. The molecule has 6 nitrogen and oxygen atoms in total. The highest BCUT2D eigenvalue weighted by molar-refractivity contribution is 6.31. The number of carboxylic acid groups (broad SMARTS) is 1. The Labute approximate surface area is 136 Å². The number of ether oxygens (including phenoxy) is 1. The molecule has 0 spiro atoms. The molecule has 0 aliphatic rings. The molecule has 0 fully saturated rings. The standard InChI is InChI=1S/C16H12ClNO5/c1-23-13-5-2-10(3-6-13)14(16(19)20)9-11-8-12(17)4-7-15(11)18(21)22/h2-9H,1H3,(H,19,20)/b14-9-. The minimum absolute atomic E-state index is 0.0852. The van der Waals surface area contributed by atoms with Gasteiger partial charge in [0.15, 0.2) is 0 Å². The number of carboxylic acids is 1. The number of benzene rings is 2.